The highest BCUT2D eigenvalue weighted by atomic mass is 35.5. The lowest BCUT2D eigenvalue weighted by molar-refractivity contribution is 0.299. The van der Waals surface area contributed by atoms with Crippen molar-refractivity contribution in [3.63, 3.8) is 0 Å². The third-order valence-corrected chi connectivity index (χ3v) is 3.52. The summed E-state index contributed by atoms with van der Waals surface area (Å²) < 4.78 is 5.64. The van der Waals surface area contributed by atoms with E-state index in [-0.39, 0.29) is 12.4 Å². The predicted molar refractivity (Wildman–Crippen MR) is 86.6 cm³/mol. The van der Waals surface area contributed by atoms with E-state index >= 15 is 0 Å². The molecule has 4 nitrogen and oxygen atoms in total. The second-order valence-electron chi connectivity index (χ2n) is 4.38. The van der Waals surface area contributed by atoms with E-state index in [0.29, 0.717) is 11.7 Å². The molecule has 0 saturated heterocycles. The second kappa shape index (κ2) is 8.09. The summed E-state index contributed by atoms with van der Waals surface area (Å²) in [5.41, 5.74) is 6.84. The molecule has 2 aromatic rings. The molecule has 0 amide bonds. The zero-order chi connectivity index (χ0) is 13.7. The Bertz CT molecular complexity index is 533. The first-order valence-corrected chi connectivity index (χ1v) is 7.10. The Kier molecular flexibility index (Phi) is 6.78. The number of thiazole rings is 1. The lowest BCUT2D eigenvalue weighted by atomic mass is 10.2. The van der Waals surface area contributed by atoms with Crippen molar-refractivity contribution >= 4 is 28.9 Å². The molecule has 0 atom stereocenters. The molecule has 1 aromatic heterocycles. The van der Waals surface area contributed by atoms with Gasteiger partial charge in [-0.2, -0.15) is 0 Å². The van der Waals surface area contributed by atoms with E-state index in [2.05, 4.69) is 23.0 Å². The third kappa shape index (κ3) is 4.67. The molecule has 0 saturated carbocycles. The molecule has 6 heteroatoms. The molecular formula is C14H20ClN3OS. The zero-order valence-corrected chi connectivity index (χ0v) is 13.3. The van der Waals surface area contributed by atoms with Gasteiger partial charge in [0.2, 0.25) is 0 Å². The monoisotopic (exact) mass is 313 g/mol. The Morgan fingerprint density at radius 2 is 2.05 bits per heavy atom. The number of anilines is 1. The molecule has 20 heavy (non-hydrogen) atoms. The van der Waals surface area contributed by atoms with Crippen LogP contribution in [0.15, 0.2) is 30.5 Å². The van der Waals surface area contributed by atoms with Crippen LogP contribution >= 0.6 is 23.7 Å². The number of benzene rings is 1. The largest absolute Gasteiger partial charge is 0.494 e. The van der Waals surface area contributed by atoms with Gasteiger partial charge in [-0.25, -0.2) is 4.98 Å². The number of ether oxygens (including phenoxy) is 1. The summed E-state index contributed by atoms with van der Waals surface area (Å²) in [5, 5.41) is 0.623. The Morgan fingerprint density at radius 1 is 1.30 bits per heavy atom. The minimum absolute atomic E-state index is 0. The molecule has 0 aliphatic carbocycles. The number of hydrogen-bond donors (Lipinski definition) is 1. The third-order valence-electron chi connectivity index (χ3n) is 2.71. The molecule has 1 aromatic carbocycles. The molecule has 0 spiro atoms. The van der Waals surface area contributed by atoms with Crippen LogP contribution in [0.4, 0.5) is 5.13 Å². The minimum atomic E-state index is 0. The fourth-order valence-electron chi connectivity index (χ4n) is 1.94. The van der Waals surface area contributed by atoms with Gasteiger partial charge in [0.25, 0.3) is 0 Å². The van der Waals surface area contributed by atoms with E-state index in [1.807, 2.05) is 31.3 Å². The molecule has 0 aliphatic heterocycles. The Balaban J connectivity index is 0.00000200. The van der Waals surface area contributed by atoms with Crippen molar-refractivity contribution in [2.45, 2.75) is 20.0 Å². The first kappa shape index (κ1) is 16.8. The van der Waals surface area contributed by atoms with Crippen LogP contribution < -0.4 is 10.5 Å². The van der Waals surface area contributed by atoms with Gasteiger partial charge < -0.3 is 10.5 Å². The molecule has 0 fully saturated rings. The number of nitrogens with two attached hydrogens (primary N) is 1. The molecule has 0 unspecified atom stereocenters. The summed E-state index contributed by atoms with van der Waals surface area (Å²) >= 11 is 1.53. The fourth-order valence-corrected chi connectivity index (χ4v) is 2.70. The van der Waals surface area contributed by atoms with Crippen LogP contribution in [-0.4, -0.2) is 23.5 Å². The van der Waals surface area contributed by atoms with E-state index in [1.54, 1.807) is 0 Å². The highest BCUT2D eigenvalue weighted by molar-refractivity contribution is 7.15. The zero-order valence-electron chi connectivity index (χ0n) is 11.7. The van der Waals surface area contributed by atoms with Gasteiger partial charge in [-0.1, -0.05) is 18.2 Å². The summed E-state index contributed by atoms with van der Waals surface area (Å²) in [7, 11) is 2.08. The number of para-hydroxylation sites is 1. The van der Waals surface area contributed by atoms with Crippen LogP contribution in [0.3, 0.4) is 0 Å². The number of hydrogen-bond acceptors (Lipinski definition) is 5. The summed E-state index contributed by atoms with van der Waals surface area (Å²) in [6.07, 6.45) is 1.84. The quantitative estimate of drug-likeness (QED) is 0.890. The molecule has 2 rings (SSSR count). The van der Waals surface area contributed by atoms with Gasteiger partial charge in [0.1, 0.15) is 5.75 Å². The van der Waals surface area contributed by atoms with E-state index in [4.69, 9.17) is 10.5 Å². The van der Waals surface area contributed by atoms with Crippen molar-refractivity contribution in [3.8, 4) is 5.75 Å². The SMILES string of the molecule is CCOc1ccccc1CN(C)Cc1cnc(N)s1.Cl. The predicted octanol–water partition coefficient (Wildman–Crippen LogP) is 3.18. The lowest BCUT2D eigenvalue weighted by Gasteiger charge is -2.17. The average molecular weight is 314 g/mol. The van der Waals surface area contributed by atoms with Gasteiger partial charge in [0.15, 0.2) is 5.13 Å². The Morgan fingerprint density at radius 3 is 2.70 bits per heavy atom. The highest BCUT2D eigenvalue weighted by Crippen LogP contribution is 2.21. The van der Waals surface area contributed by atoms with Crippen molar-refractivity contribution < 1.29 is 4.74 Å². The summed E-state index contributed by atoms with van der Waals surface area (Å²) in [5.74, 6) is 0.959. The Hall–Kier alpha value is -1.30. The van der Waals surface area contributed by atoms with Crippen molar-refractivity contribution in [3.05, 3.63) is 40.9 Å². The van der Waals surface area contributed by atoms with Crippen molar-refractivity contribution in [1.82, 2.24) is 9.88 Å². The molecule has 110 valence electrons. The van der Waals surface area contributed by atoms with E-state index in [0.717, 1.165) is 18.8 Å². The topological polar surface area (TPSA) is 51.4 Å². The highest BCUT2D eigenvalue weighted by Gasteiger charge is 2.08. The lowest BCUT2D eigenvalue weighted by Crippen LogP contribution is -2.17. The summed E-state index contributed by atoms with van der Waals surface area (Å²) in [6, 6.07) is 8.15. The molecule has 0 radical (unpaired) electrons. The van der Waals surface area contributed by atoms with E-state index in [9.17, 15) is 0 Å². The van der Waals surface area contributed by atoms with Crippen LogP contribution in [0.5, 0.6) is 5.75 Å². The first-order chi connectivity index (χ1) is 9.19. The van der Waals surface area contributed by atoms with Gasteiger partial charge in [0.05, 0.1) is 6.61 Å². The smallest absolute Gasteiger partial charge is 0.180 e. The standard InChI is InChI=1S/C14H19N3OS.ClH/c1-3-18-13-7-5-4-6-11(13)9-17(2)10-12-8-16-14(15)19-12;/h4-8H,3,9-10H2,1-2H3,(H2,15,16);1H. The fraction of sp³-hybridized carbons (Fsp3) is 0.357. The molecule has 0 bridgehead atoms. The van der Waals surface area contributed by atoms with Crippen LogP contribution in [-0.2, 0) is 13.1 Å². The Labute approximate surface area is 130 Å². The number of rotatable bonds is 6. The maximum Gasteiger partial charge on any atom is 0.180 e. The normalized spacial score (nSPS) is 10.3. The van der Waals surface area contributed by atoms with E-state index in [1.165, 1.54) is 21.8 Å². The molecule has 2 N–H and O–H groups in total. The number of aromatic nitrogens is 1. The van der Waals surface area contributed by atoms with Gasteiger partial charge >= 0.3 is 0 Å². The van der Waals surface area contributed by atoms with Crippen LogP contribution in [0.1, 0.15) is 17.4 Å². The molecule has 1 heterocycles. The van der Waals surface area contributed by atoms with Crippen molar-refractivity contribution in [2.75, 3.05) is 19.4 Å². The van der Waals surface area contributed by atoms with Crippen LogP contribution in [0.2, 0.25) is 0 Å². The minimum Gasteiger partial charge on any atom is -0.494 e. The maximum absolute atomic E-state index is 5.64. The van der Waals surface area contributed by atoms with Gasteiger partial charge in [-0.15, -0.1) is 23.7 Å². The number of nitrogens with zero attached hydrogens (tertiary/aromatic N) is 2. The van der Waals surface area contributed by atoms with Crippen LogP contribution in [0, 0.1) is 0 Å². The average Bonchev–Trinajstić information content (AvgIpc) is 2.77. The summed E-state index contributed by atoms with van der Waals surface area (Å²) in [6.45, 7) is 4.37. The second-order valence-corrected chi connectivity index (χ2v) is 5.52. The van der Waals surface area contributed by atoms with Crippen LogP contribution in [0.25, 0.3) is 0 Å². The molecule has 0 aliphatic rings. The van der Waals surface area contributed by atoms with Gasteiger partial charge in [0, 0.05) is 29.7 Å². The summed E-state index contributed by atoms with van der Waals surface area (Å²) in [4.78, 5) is 7.47. The van der Waals surface area contributed by atoms with Gasteiger partial charge in [-0.05, 0) is 20.0 Å². The number of halogens is 1. The van der Waals surface area contributed by atoms with E-state index < -0.39 is 0 Å². The van der Waals surface area contributed by atoms with Crippen molar-refractivity contribution in [2.24, 2.45) is 0 Å². The van der Waals surface area contributed by atoms with Crippen molar-refractivity contribution in [1.29, 1.82) is 0 Å². The first-order valence-electron chi connectivity index (χ1n) is 6.28. The maximum atomic E-state index is 5.64. The number of nitrogen functional groups attached to an aromatic ring is 1. The molecular weight excluding hydrogens is 294 g/mol. The van der Waals surface area contributed by atoms with Gasteiger partial charge in [-0.3, -0.25) is 4.90 Å².